The van der Waals surface area contributed by atoms with Crippen molar-refractivity contribution in [1.82, 2.24) is 0 Å². The fraction of sp³-hybridized carbons (Fsp3) is 0.727. The molecule has 1 saturated carbocycles. The summed E-state index contributed by atoms with van der Waals surface area (Å²) in [6.07, 6.45) is 5.92. The quantitative estimate of drug-likeness (QED) is 0.331. The van der Waals surface area contributed by atoms with Crippen LogP contribution in [0.15, 0.2) is 24.3 Å². The monoisotopic (exact) mass is 410 g/mol. The summed E-state index contributed by atoms with van der Waals surface area (Å²) in [5.41, 5.74) is 1.42. The molecule has 0 radical (unpaired) electrons. The van der Waals surface area contributed by atoms with Crippen molar-refractivity contribution < 1.29 is 22.8 Å². The molecule has 0 amide bonds. The molecule has 1 aliphatic carbocycles. The zero-order valence-corrected chi connectivity index (χ0v) is 19.1. The molecule has 0 heterocycles. The Kier molecular flexibility index (Phi) is 10.5. The molecule has 0 spiro atoms. The summed E-state index contributed by atoms with van der Waals surface area (Å²) < 4.78 is 29.2. The second-order valence-electron chi connectivity index (χ2n) is 7.20. The summed E-state index contributed by atoms with van der Waals surface area (Å²) in [6.45, 7) is 8.62. The molecule has 1 aromatic rings. The van der Waals surface area contributed by atoms with Gasteiger partial charge >= 0.3 is 8.80 Å². The lowest BCUT2D eigenvalue weighted by molar-refractivity contribution is 0.0202. The van der Waals surface area contributed by atoms with Crippen LogP contribution in [0.4, 0.5) is 0 Å². The van der Waals surface area contributed by atoms with E-state index in [9.17, 15) is 0 Å². The van der Waals surface area contributed by atoms with Crippen LogP contribution in [0.1, 0.15) is 64.4 Å². The highest BCUT2D eigenvalue weighted by Gasteiger charge is 2.39. The first-order valence-electron chi connectivity index (χ1n) is 10.8. The lowest BCUT2D eigenvalue weighted by Crippen LogP contribution is -2.46. The van der Waals surface area contributed by atoms with Gasteiger partial charge in [-0.25, -0.2) is 0 Å². The fourth-order valence-corrected chi connectivity index (χ4v) is 6.56. The molecular formula is C22H38O5Si. The van der Waals surface area contributed by atoms with E-state index < -0.39 is 8.80 Å². The standard InChI is InChI=1S/C22H38O5Si/c1-5-25-28(26-6-2,27-7-3)18-8-17-24-22-15-11-20(12-16-22)19-9-13-21(23-4)14-10-19/h9-10,13-14,20,22H,5-8,11-12,15-18H2,1-4H3. The van der Waals surface area contributed by atoms with E-state index in [4.69, 9.17) is 22.8 Å². The summed E-state index contributed by atoms with van der Waals surface area (Å²) in [5.74, 6) is 1.56. The van der Waals surface area contributed by atoms with Crippen LogP contribution in [0.25, 0.3) is 0 Å². The minimum Gasteiger partial charge on any atom is -0.497 e. The maximum atomic E-state index is 6.17. The van der Waals surface area contributed by atoms with Crippen molar-refractivity contribution in [3.05, 3.63) is 29.8 Å². The molecular weight excluding hydrogens is 372 g/mol. The predicted octanol–water partition coefficient (Wildman–Crippen LogP) is 5.18. The Hall–Kier alpha value is -0.923. The summed E-state index contributed by atoms with van der Waals surface area (Å²) in [6, 6.07) is 9.34. The molecule has 0 N–H and O–H groups in total. The molecule has 1 aliphatic rings. The Morgan fingerprint density at radius 3 is 1.93 bits per heavy atom. The van der Waals surface area contributed by atoms with Gasteiger partial charge in [0.1, 0.15) is 5.75 Å². The van der Waals surface area contributed by atoms with E-state index in [1.807, 2.05) is 20.8 Å². The van der Waals surface area contributed by atoms with Gasteiger partial charge in [-0.1, -0.05) is 12.1 Å². The predicted molar refractivity (Wildman–Crippen MR) is 114 cm³/mol. The second kappa shape index (κ2) is 12.6. The van der Waals surface area contributed by atoms with Gasteiger partial charge in [0.05, 0.1) is 13.2 Å². The maximum absolute atomic E-state index is 6.17. The molecule has 0 atom stereocenters. The van der Waals surface area contributed by atoms with Gasteiger partial charge < -0.3 is 22.8 Å². The van der Waals surface area contributed by atoms with E-state index in [0.29, 0.717) is 31.8 Å². The van der Waals surface area contributed by atoms with Gasteiger partial charge in [-0.05, 0) is 76.5 Å². The summed E-state index contributed by atoms with van der Waals surface area (Å²) in [7, 11) is -0.826. The first kappa shape index (κ1) is 23.4. The van der Waals surface area contributed by atoms with Crippen LogP contribution in [0.2, 0.25) is 6.04 Å². The molecule has 2 rings (SSSR count). The van der Waals surface area contributed by atoms with Gasteiger partial charge in [0.2, 0.25) is 0 Å². The molecule has 1 aromatic carbocycles. The third kappa shape index (κ3) is 7.15. The van der Waals surface area contributed by atoms with E-state index in [1.165, 1.54) is 18.4 Å². The average Bonchev–Trinajstić information content (AvgIpc) is 2.72. The molecule has 0 unspecified atom stereocenters. The van der Waals surface area contributed by atoms with Crippen LogP contribution < -0.4 is 4.74 Å². The van der Waals surface area contributed by atoms with Crippen molar-refractivity contribution in [1.29, 1.82) is 0 Å². The zero-order valence-electron chi connectivity index (χ0n) is 18.1. The Morgan fingerprint density at radius 2 is 1.43 bits per heavy atom. The SMILES string of the molecule is CCO[Si](CCCOC1CCC(c2ccc(OC)cc2)CC1)(OCC)OCC. The third-order valence-electron chi connectivity index (χ3n) is 5.34. The van der Waals surface area contributed by atoms with E-state index in [0.717, 1.165) is 37.7 Å². The van der Waals surface area contributed by atoms with Crippen molar-refractivity contribution in [2.75, 3.05) is 33.5 Å². The fourth-order valence-electron chi connectivity index (χ4n) is 3.98. The van der Waals surface area contributed by atoms with Gasteiger partial charge in [0.15, 0.2) is 0 Å². The number of rotatable bonds is 13. The van der Waals surface area contributed by atoms with Crippen LogP contribution in [-0.4, -0.2) is 48.4 Å². The highest BCUT2D eigenvalue weighted by molar-refractivity contribution is 6.60. The Morgan fingerprint density at radius 1 is 0.857 bits per heavy atom. The first-order valence-corrected chi connectivity index (χ1v) is 12.8. The average molecular weight is 411 g/mol. The zero-order chi connectivity index (χ0) is 20.2. The molecule has 0 saturated heterocycles. The number of benzene rings is 1. The molecule has 28 heavy (non-hydrogen) atoms. The molecule has 5 nitrogen and oxygen atoms in total. The highest BCUT2D eigenvalue weighted by Crippen LogP contribution is 2.34. The van der Waals surface area contributed by atoms with Crippen LogP contribution in [0.3, 0.4) is 0 Å². The normalized spacial score (nSPS) is 20.3. The second-order valence-corrected chi connectivity index (χ2v) is 9.94. The van der Waals surface area contributed by atoms with Crippen LogP contribution in [0.5, 0.6) is 5.75 Å². The minimum atomic E-state index is -2.54. The smallest absolute Gasteiger partial charge is 0.497 e. The van der Waals surface area contributed by atoms with Crippen molar-refractivity contribution in [3.63, 3.8) is 0 Å². The van der Waals surface area contributed by atoms with Gasteiger partial charge in [0.25, 0.3) is 0 Å². The Balaban J connectivity index is 1.71. The van der Waals surface area contributed by atoms with Crippen LogP contribution in [0, 0.1) is 0 Å². The molecule has 0 aliphatic heterocycles. The maximum Gasteiger partial charge on any atom is 0.501 e. The molecule has 0 bridgehead atoms. The lowest BCUT2D eigenvalue weighted by Gasteiger charge is -2.30. The number of hydrogen-bond donors (Lipinski definition) is 0. The summed E-state index contributed by atoms with van der Waals surface area (Å²) in [4.78, 5) is 0. The van der Waals surface area contributed by atoms with Gasteiger partial charge in [-0.2, -0.15) is 0 Å². The van der Waals surface area contributed by atoms with Gasteiger partial charge in [-0.15, -0.1) is 0 Å². The molecule has 160 valence electrons. The van der Waals surface area contributed by atoms with Crippen LogP contribution >= 0.6 is 0 Å². The minimum absolute atomic E-state index is 0.372. The van der Waals surface area contributed by atoms with Crippen molar-refractivity contribution in [2.45, 2.75) is 70.9 Å². The van der Waals surface area contributed by atoms with Crippen molar-refractivity contribution in [2.24, 2.45) is 0 Å². The first-order chi connectivity index (χ1) is 13.7. The number of hydrogen-bond acceptors (Lipinski definition) is 5. The van der Waals surface area contributed by atoms with Crippen LogP contribution in [-0.2, 0) is 18.0 Å². The molecule has 6 heteroatoms. The number of ether oxygens (including phenoxy) is 2. The van der Waals surface area contributed by atoms with E-state index in [2.05, 4.69) is 24.3 Å². The van der Waals surface area contributed by atoms with E-state index in [-0.39, 0.29) is 0 Å². The Labute approximate surface area is 172 Å². The third-order valence-corrected chi connectivity index (χ3v) is 8.49. The summed E-state index contributed by atoms with van der Waals surface area (Å²) >= 11 is 0. The van der Waals surface area contributed by atoms with Gasteiger partial charge in [0, 0.05) is 32.5 Å². The van der Waals surface area contributed by atoms with E-state index in [1.54, 1.807) is 7.11 Å². The molecule has 1 fully saturated rings. The molecule has 0 aromatic heterocycles. The lowest BCUT2D eigenvalue weighted by atomic mass is 9.83. The van der Waals surface area contributed by atoms with Crippen molar-refractivity contribution >= 4 is 8.80 Å². The topological polar surface area (TPSA) is 46.2 Å². The summed E-state index contributed by atoms with van der Waals surface area (Å²) in [5, 5.41) is 0. The van der Waals surface area contributed by atoms with E-state index >= 15 is 0 Å². The number of methoxy groups -OCH3 is 1. The van der Waals surface area contributed by atoms with Crippen molar-refractivity contribution in [3.8, 4) is 5.75 Å². The largest absolute Gasteiger partial charge is 0.501 e. The highest BCUT2D eigenvalue weighted by atomic mass is 28.4. The Bertz CT molecular complexity index is 511. The van der Waals surface area contributed by atoms with Gasteiger partial charge in [-0.3, -0.25) is 0 Å².